The number of aliphatic hydroxyl groups excluding tert-OH is 2. The van der Waals surface area contributed by atoms with E-state index in [1.807, 2.05) is 0 Å². The first-order valence-electron chi connectivity index (χ1n) is 3.09. The van der Waals surface area contributed by atoms with Crippen LogP contribution in [0.1, 0.15) is 13.8 Å². The maximum atomic E-state index is 10.4. The quantitative estimate of drug-likeness (QED) is 0.489. The minimum atomic E-state index is -4.36. The SMILES string of the molecule is CC(O)C(C(C)O)S(=O)(=O)O. The number of hydrogen-bond donors (Lipinski definition) is 3. The van der Waals surface area contributed by atoms with Gasteiger partial charge in [0.05, 0.1) is 12.2 Å². The van der Waals surface area contributed by atoms with Gasteiger partial charge >= 0.3 is 0 Å². The van der Waals surface area contributed by atoms with Gasteiger partial charge in [0, 0.05) is 0 Å². The molecule has 0 aromatic heterocycles. The van der Waals surface area contributed by atoms with Crippen LogP contribution in [0.3, 0.4) is 0 Å². The Morgan fingerprint density at radius 2 is 1.36 bits per heavy atom. The Balaban J connectivity index is 4.64. The van der Waals surface area contributed by atoms with Crippen LogP contribution in [0.25, 0.3) is 0 Å². The Morgan fingerprint density at radius 1 is 1.09 bits per heavy atom. The lowest BCUT2D eigenvalue weighted by Crippen LogP contribution is -2.40. The van der Waals surface area contributed by atoms with Crippen molar-refractivity contribution in [1.29, 1.82) is 0 Å². The predicted octanol–water partition coefficient (Wildman–Crippen LogP) is -0.996. The molecule has 0 aliphatic carbocycles. The summed E-state index contributed by atoms with van der Waals surface area (Å²) in [6.45, 7) is 2.37. The van der Waals surface area contributed by atoms with Crippen molar-refractivity contribution in [1.82, 2.24) is 0 Å². The summed E-state index contributed by atoms with van der Waals surface area (Å²) in [5.74, 6) is 0. The molecule has 2 unspecified atom stereocenters. The summed E-state index contributed by atoms with van der Waals surface area (Å²) in [6, 6.07) is 0. The van der Waals surface area contributed by atoms with Crippen LogP contribution in [-0.2, 0) is 10.1 Å². The summed E-state index contributed by atoms with van der Waals surface area (Å²) in [6.07, 6.45) is -2.57. The highest BCUT2D eigenvalue weighted by Crippen LogP contribution is 2.09. The fourth-order valence-corrected chi connectivity index (χ4v) is 1.90. The molecule has 11 heavy (non-hydrogen) atoms. The molecule has 0 aliphatic heterocycles. The zero-order chi connectivity index (χ0) is 9.23. The molecule has 0 rings (SSSR count). The van der Waals surface area contributed by atoms with Gasteiger partial charge in [0.15, 0.2) is 0 Å². The number of aliphatic hydroxyl groups is 2. The monoisotopic (exact) mass is 184 g/mol. The molecule has 6 heteroatoms. The molecule has 0 heterocycles. The van der Waals surface area contributed by atoms with Gasteiger partial charge in [0.2, 0.25) is 0 Å². The smallest absolute Gasteiger partial charge is 0.272 e. The molecule has 2 atom stereocenters. The highest BCUT2D eigenvalue weighted by Gasteiger charge is 2.32. The van der Waals surface area contributed by atoms with E-state index in [-0.39, 0.29) is 0 Å². The Hall–Kier alpha value is -0.170. The van der Waals surface area contributed by atoms with Crippen LogP contribution in [0.4, 0.5) is 0 Å². The number of rotatable bonds is 3. The van der Waals surface area contributed by atoms with Gasteiger partial charge in [-0.05, 0) is 13.8 Å². The fourth-order valence-electron chi connectivity index (χ4n) is 0.901. The molecule has 5 nitrogen and oxygen atoms in total. The Bertz CT molecular complexity index is 197. The second-order valence-corrected chi connectivity index (χ2v) is 4.04. The van der Waals surface area contributed by atoms with Crippen LogP contribution in [0, 0.1) is 0 Å². The van der Waals surface area contributed by atoms with E-state index in [1.54, 1.807) is 0 Å². The first kappa shape index (κ1) is 10.8. The Kier molecular flexibility index (Phi) is 3.43. The van der Waals surface area contributed by atoms with Crippen LogP contribution >= 0.6 is 0 Å². The third-order valence-corrected chi connectivity index (χ3v) is 2.77. The van der Waals surface area contributed by atoms with Gasteiger partial charge in [-0.1, -0.05) is 0 Å². The molecule has 0 bridgehead atoms. The standard InChI is InChI=1S/C5H12O5S/c1-3(6)5(4(2)7)11(8,9)10/h3-7H,1-2H3,(H,8,9,10). The molecule has 0 saturated heterocycles. The van der Waals surface area contributed by atoms with E-state index in [2.05, 4.69) is 0 Å². The molecule has 68 valence electrons. The topological polar surface area (TPSA) is 94.8 Å². The average molecular weight is 184 g/mol. The van der Waals surface area contributed by atoms with E-state index in [0.717, 1.165) is 0 Å². The van der Waals surface area contributed by atoms with Gasteiger partial charge in [-0.2, -0.15) is 8.42 Å². The molecule has 0 saturated carbocycles. The largest absolute Gasteiger partial charge is 0.392 e. The van der Waals surface area contributed by atoms with Gasteiger partial charge in [0.1, 0.15) is 5.25 Å². The van der Waals surface area contributed by atoms with Gasteiger partial charge < -0.3 is 10.2 Å². The van der Waals surface area contributed by atoms with E-state index in [1.165, 1.54) is 13.8 Å². The maximum absolute atomic E-state index is 10.4. The lowest BCUT2D eigenvalue weighted by atomic mass is 10.2. The molecule has 0 amide bonds. The van der Waals surface area contributed by atoms with Crippen LogP contribution in [0.5, 0.6) is 0 Å². The summed E-state index contributed by atoms with van der Waals surface area (Å²) in [7, 11) is -4.36. The van der Waals surface area contributed by atoms with E-state index in [4.69, 9.17) is 14.8 Å². The molecule has 3 N–H and O–H groups in total. The summed E-state index contributed by atoms with van der Waals surface area (Å²) >= 11 is 0. The van der Waals surface area contributed by atoms with Gasteiger partial charge in [-0.3, -0.25) is 4.55 Å². The van der Waals surface area contributed by atoms with E-state index in [0.29, 0.717) is 0 Å². The third-order valence-electron chi connectivity index (χ3n) is 1.29. The molecular weight excluding hydrogens is 172 g/mol. The van der Waals surface area contributed by atoms with Crippen LogP contribution in [0.2, 0.25) is 0 Å². The van der Waals surface area contributed by atoms with Crippen LogP contribution in [0.15, 0.2) is 0 Å². The Morgan fingerprint density at radius 3 is 1.36 bits per heavy atom. The first-order chi connectivity index (χ1) is 4.76. The van der Waals surface area contributed by atoms with Crippen molar-refractivity contribution < 1.29 is 23.2 Å². The molecule has 0 spiro atoms. The summed E-state index contributed by atoms with van der Waals surface area (Å²) < 4.78 is 29.4. The minimum Gasteiger partial charge on any atom is -0.392 e. The van der Waals surface area contributed by atoms with Crippen LogP contribution < -0.4 is 0 Å². The van der Waals surface area contributed by atoms with Gasteiger partial charge in [0.25, 0.3) is 10.1 Å². The normalized spacial score (nSPS) is 20.8. The summed E-state index contributed by atoms with van der Waals surface area (Å²) in [5, 5.41) is 16.1. The van der Waals surface area contributed by atoms with Crippen molar-refractivity contribution in [3.8, 4) is 0 Å². The van der Waals surface area contributed by atoms with E-state index < -0.39 is 27.6 Å². The second kappa shape index (κ2) is 3.48. The van der Waals surface area contributed by atoms with Crippen molar-refractivity contribution in [3.05, 3.63) is 0 Å². The highest BCUT2D eigenvalue weighted by molar-refractivity contribution is 7.86. The molecule has 0 aromatic carbocycles. The summed E-state index contributed by atoms with van der Waals surface area (Å²) in [4.78, 5) is 0. The van der Waals surface area contributed by atoms with E-state index in [9.17, 15) is 8.42 Å². The van der Waals surface area contributed by atoms with Gasteiger partial charge in [-0.15, -0.1) is 0 Å². The zero-order valence-electron chi connectivity index (χ0n) is 6.30. The van der Waals surface area contributed by atoms with Crippen molar-refractivity contribution >= 4 is 10.1 Å². The molecule has 0 aromatic rings. The van der Waals surface area contributed by atoms with Crippen molar-refractivity contribution in [2.24, 2.45) is 0 Å². The van der Waals surface area contributed by atoms with Gasteiger partial charge in [-0.25, -0.2) is 0 Å². The molecular formula is C5H12O5S. The van der Waals surface area contributed by atoms with Crippen molar-refractivity contribution in [3.63, 3.8) is 0 Å². The van der Waals surface area contributed by atoms with Crippen molar-refractivity contribution in [2.45, 2.75) is 31.3 Å². The first-order valence-corrected chi connectivity index (χ1v) is 4.59. The van der Waals surface area contributed by atoms with Crippen molar-refractivity contribution in [2.75, 3.05) is 0 Å². The zero-order valence-corrected chi connectivity index (χ0v) is 7.11. The van der Waals surface area contributed by atoms with Crippen LogP contribution in [-0.4, -0.2) is 40.6 Å². The second-order valence-electron chi connectivity index (χ2n) is 2.46. The molecule has 0 radical (unpaired) electrons. The number of hydrogen-bond acceptors (Lipinski definition) is 4. The fraction of sp³-hybridized carbons (Fsp3) is 1.00. The minimum absolute atomic E-state index is 1.19. The lowest BCUT2D eigenvalue weighted by molar-refractivity contribution is 0.102. The molecule has 0 fully saturated rings. The maximum Gasteiger partial charge on any atom is 0.272 e. The highest BCUT2D eigenvalue weighted by atomic mass is 32.2. The molecule has 0 aliphatic rings. The average Bonchev–Trinajstić information content (AvgIpc) is 1.54. The third kappa shape index (κ3) is 3.15. The Labute approximate surface area is 65.4 Å². The van der Waals surface area contributed by atoms with E-state index >= 15 is 0 Å². The predicted molar refractivity (Wildman–Crippen MR) is 38.7 cm³/mol. The summed E-state index contributed by atoms with van der Waals surface area (Å²) in [5.41, 5.74) is 0. The lowest BCUT2D eigenvalue weighted by Gasteiger charge is -2.18.